The van der Waals surface area contributed by atoms with Crippen molar-refractivity contribution in [2.45, 2.75) is 225 Å². The van der Waals surface area contributed by atoms with E-state index in [-0.39, 0.29) is 12.5 Å². The highest BCUT2D eigenvalue weighted by Gasteiger charge is 2.17. The first kappa shape index (κ1) is 52.6. The maximum Gasteiger partial charge on any atom is 0.220 e. The maximum atomic E-state index is 12.4. The summed E-state index contributed by atoms with van der Waals surface area (Å²) >= 11 is 0. The summed E-state index contributed by atoms with van der Waals surface area (Å²) in [6, 6.07) is -0.655. The highest BCUT2D eigenvalue weighted by atomic mass is 16.3. The molecule has 0 aliphatic rings. The molecule has 3 N–H and O–H groups in total. The van der Waals surface area contributed by atoms with Crippen LogP contribution >= 0.6 is 0 Å². The largest absolute Gasteiger partial charge is 0.394 e. The van der Waals surface area contributed by atoms with Crippen molar-refractivity contribution in [1.82, 2.24) is 5.32 Å². The second-order valence-corrected chi connectivity index (χ2v) is 15.4. The second kappa shape index (κ2) is 46.0. The number of allylic oxidation sites excluding steroid dienone is 13. The van der Waals surface area contributed by atoms with Crippen molar-refractivity contribution in [3.05, 3.63) is 85.1 Å². The zero-order valence-electron chi connectivity index (χ0n) is 36.2. The van der Waals surface area contributed by atoms with Crippen LogP contribution < -0.4 is 5.32 Å². The number of amides is 1. The van der Waals surface area contributed by atoms with Crippen LogP contribution in [0.1, 0.15) is 213 Å². The third kappa shape index (κ3) is 42.6. The van der Waals surface area contributed by atoms with E-state index in [9.17, 15) is 15.0 Å². The minimum absolute atomic E-state index is 0.0951. The van der Waals surface area contributed by atoms with Gasteiger partial charge in [0.05, 0.1) is 18.8 Å². The quantitative estimate of drug-likeness (QED) is 0.0429. The number of rotatable bonds is 41. The van der Waals surface area contributed by atoms with Crippen LogP contribution in [-0.4, -0.2) is 34.9 Å². The number of aliphatic hydroxyl groups is 2. The molecule has 0 saturated heterocycles. The Labute approximate surface area is 341 Å². The Hall–Kier alpha value is -2.43. The van der Waals surface area contributed by atoms with E-state index in [1.165, 1.54) is 116 Å². The SMILES string of the molecule is CC/C=C\C/C=C\C/C=C\C/C=C\C/C=C\CCCCCCCC(=O)NC(CO)C(O)/C=C/CC/C=C/CCCCCCCCCCCCCCCCCC. The van der Waals surface area contributed by atoms with Crippen LogP contribution in [0.25, 0.3) is 0 Å². The average Bonchev–Trinajstić information content (AvgIpc) is 3.19. The predicted molar refractivity (Wildman–Crippen MR) is 243 cm³/mol. The fraction of sp³-hybridized carbons (Fsp3) is 0.706. The number of aliphatic hydroxyl groups excluding tert-OH is 2. The Kier molecular flexibility index (Phi) is 43.9. The molecule has 0 heterocycles. The Morgan fingerprint density at radius 3 is 1.27 bits per heavy atom. The minimum atomic E-state index is -0.876. The van der Waals surface area contributed by atoms with E-state index in [1.54, 1.807) is 6.08 Å². The Morgan fingerprint density at radius 1 is 0.455 bits per heavy atom. The van der Waals surface area contributed by atoms with Crippen LogP contribution in [0.5, 0.6) is 0 Å². The summed E-state index contributed by atoms with van der Waals surface area (Å²) in [5.41, 5.74) is 0. The smallest absolute Gasteiger partial charge is 0.220 e. The molecule has 2 atom stereocenters. The summed E-state index contributed by atoms with van der Waals surface area (Å²) in [4.78, 5) is 12.4. The van der Waals surface area contributed by atoms with Crippen LogP contribution in [0, 0.1) is 0 Å². The van der Waals surface area contributed by atoms with Gasteiger partial charge < -0.3 is 15.5 Å². The minimum Gasteiger partial charge on any atom is -0.394 e. The van der Waals surface area contributed by atoms with E-state index >= 15 is 0 Å². The summed E-state index contributed by atoms with van der Waals surface area (Å²) in [6.45, 7) is 4.18. The van der Waals surface area contributed by atoms with E-state index in [1.807, 2.05) is 6.08 Å². The lowest BCUT2D eigenvalue weighted by molar-refractivity contribution is -0.123. The normalized spacial score (nSPS) is 13.7. The van der Waals surface area contributed by atoms with Gasteiger partial charge in [0.1, 0.15) is 0 Å². The molecule has 55 heavy (non-hydrogen) atoms. The molecule has 0 spiro atoms. The molecule has 1 amide bonds. The van der Waals surface area contributed by atoms with Gasteiger partial charge in [-0.05, 0) is 77.0 Å². The Bertz CT molecular complexity index is 1000. The van der Waals surface area contributed by atoms with Crippen LogP contribution in [0.15, 0.2) is 85.1 Å². The van der Waals surface area contributed by atoms with E-state index in [0.717, 1.165) is 77.0 Å². The number of hydrogen-bond acceptors (Lipinski definition) is 3. The molecule has 316 valence electrons. The summed E-state index contributed by atoms with van der Waals surface area (Å²) in [5, 5.41) is 23.0. The monoisotopic (exact) mass is 764 g/mol. The zero-order chi connectivity index (χ0) is 40.0. The van der Waals surface area contributed by atoms with Crippen molar-refractivity contribution >= 4 is 5.91 Å². The van der Waals surface area contributed by atoms with Gasteiger partial charge in [-0.3, -0.25) is 4.79 Å². The van der Waals surface area contributed by atoms with Crippen LogP contribution in [0.2, 0.25) is 0 Å². The van der Waals surface area contributed by atoms with E-state index in [0.29, 0.717) is 6.42 Å². The number of carbonyl (C=O) groups excluding carboxylic acids is 1. The number of nitrogens with one attached hydrogen (secondary N) is 1. The topological polar surface area (TPSA) is 69.6 Å². The molecule has 0 aliphatic heterocycles. The highest BCUT2D eigenvalue weighted by molar-refractivity contribution is 5.76. The van der Waals surface area contributed by atoms with E-state index in [4.69, 9.17) is 0 Å². The molecule has 0 fully saturated rings. The van der Waals surface area contributed by atoms with Crippen molar-refractivity contribution in [2.24, 2.45) is 0 Å². The van der Waals surface area contributed by atoms with Crippen LogP contribution in [0.3, 0.4) is 0 Å². The molecule has 0 radical (unpaired) electrons. The molecular weight excluding hydrogens is 675 g/mol. The van der Waals surface area contributed by atoms with E-state index in [2.05, 4.69) is 92.1 Å². The zero-order valence-corrected chi connectivity index (χ0v) is 36.2. The predicted octanol–water partition coefficient (Wildman–Crippen LogP) is 14.9. The Balaban J connectivity index is 3.67. The van der Waals surface area contributed by atoms with Gasteiger partial charge in [0.2, 0.25) is 5.91 Å². The molecule has 0 aromatic rings. The van der Waals surface area contributed by atoms with Gasteiger partial charge in [-0.15, -0.1) is 0 Å². The lowest BCUT2D eigenvalue weighted by atomic mass is 10.0. The van der Waals surface area contributed by atoms with Crippen molar-refractivity contribution < 1.29 is 15.0 Å². The summed E-state index contributed by atoms with van der Waals surface area (Å²) in [5.74, 6) is -0.0951. The molecule has 0 aromatic heterocycles. The number of unbranched alkanes of at least 4 members (excludes halogenated alkanes) is 22. The van der Waals surface area contributed by atoms with Crippen molar-refractivity contribution in [2.75, 3.05) is 6.61 Å². The molecule has 0 rings (SSSR count). The van der Waals surface area contributed by atoms with Gasteiger partial charge in [0, 0.05) is 6.42 Å². The summed E-state index contributed by atoms with van der Waals surface area (Å²) < 4.78 is 0. The number of carbonyl (C=O) groups is 1. The molecule has 0 aliphatic carbocycles. The number of hydrogen-bond donors (Lipinski definition) is 3. The first-order valence-corrected chi connectivity index (χ1v) is 23.3. The van der Waals surface area contributed by atoms with Gasteiger partial charge in [-0.1, -0.05) is 214 Å². The van der Waals surface area contributed by atoms with Gasteiger partial charge >= 0.3 is 0 Å². The summed E-state index contributed by atoms with van der Waals surface area (Å²) in [6.07, 6.45) is 67.0. The first-order chi connectivity index (χ1) is 27.2. The van der Waals surface area contributed by atoms with Gasteiger partial charge in [0.25, 0.3) is 0 Å². The van der Waals surface area contributed by atoms with Gasteiger partial charge in [-0.2, -0.15) is 0 Å². The van der Waals surface area contributed by atoms with Crippen molar-refractivity contribution in [3.63, 3.8) is 0 Å². The van der Waals surface area contributed by atoms with Crippen molar-refractivity contribution in [1.29, 1.82) is 0 Å². The van der Waals surface area contributed by atoms with E-state index < -0.39 is 12.1 Å². The maximum absolute atomic E-state index is 12.4. The van der Waals surface area contributed by atoms with Gasteiger partial charge in [-0.25, -0.2) is 0 Å². The molecule has 4 nitrogen and oxygen atoms in total. The molecule has 4 heteroatoms. The van der Waals surface area contributed by atoms with Crippen molar-refractivity contribution in [3.8, 4) is 0 Å². The lowest BCUT2D eigenvalue weighted by Gasteiger charge is -2.19. The molecule has 0 saturated carbocycles. The third-order valence-electron chi connectivity index (χ3n) is 10.1. The van der Waals surface area contributed by atoms with Gasteiger partial charge in [0.15, 0.2) is 0 Å². The van der Waals surface area contributed by atoms with Crippen LogP contribution in [0.4, 0.5) is 0 Å². The average molecular weight is 764 g/mol. The fourth-order valence-corrected chi connectivity index (χ4v) is 6.57. The highest BCUT2D eigenvalue weighted by Crippen LogP contribution is 2.14. The first-order valence-electron chi connectivity index (χ1n) is 23.3. The lowest BCUT2D eigenvalue weighted by Crippen LogP contribution is -2.45. The molecule has 2 unspecified atom stereocenters. The molecular formula is C51H89NO3. The summed E-state index contributed by atoms with van der Waals surface area (Å²) in [7, 11) is 0. The third-order valence-corrected chi connectivity index (χ3v) is 10.1. The van der Waals surface area contributed by atoms with Crippen LogP contribution in [-0.2, 0) is 4.79 Å². The molecule has 0 bridgehead atoms. The fourth-order valence-electron chi connectivity index (χ4n) is 6.57. The Morgan fingerprint density at radius 2 is 0.818 bits per heavy atom. The second-order valence-electron chi connectivity index (χ2n) is 15.4. The molecule has 0 aromatic carbocycles. The standard InChI is InChI=1S/C51H89NO3/c1-3-5-7-9-11-13-15-17-19-21-23-25-27-28-30-32-34-36-38-40-42-44-46-50(54)49(48-53)52-51(55)47-45-43-41-39-37-35-33-31-29-26-24-22-20-18-16-14-12-10-8-6-4-2/h6,8,12,14,18,20,24,26,31,33,36,38,44,46,49-50,53-54H,3-5,7,9-11,13,15-17,19,21-23,25,27-30,32,34-35,37,39-43,45,47-48H2,1-2H3,(H,52,55)/b8-6-,14-12-,20-18-,26-24-,33-31-,38-36+,46-44+.